The number of carbonyl (C=O) groups excluding carboxylic acids is 1. The predicted molar refractivity (Wildman–Crippen MR) is 125 cm³/mol. The van der Waals surface area contributed by atoms with Crippen molar-refractivity contribution >= 4 is 40.5 Å². The number of rotatable bonds is 7. The van der Waals surface area contributed by atoms with E-state index >= 15 is 0 Å². The SMILES string of the molecule is CCc1ccc(C(=O)N/C(=C/c2ccc(Oc3ccccc3I)cc2)C(=O)O)cc1. The van der Waals surface area contributed by atoms with Gasteiger partial charge < -0.3 is 15.2 Å². The van der Waals surface area contributed by atoms with Crippen molar-refractivity contribution in [2.24, 2.45) is 0 Å². The van der Waals surface area contributed by atoms with Gasteiger partial charge in [0.15, 0.2) is 0 Å². The molecule has 5 nitrogen and oxygen atoms in total. The Morgan fingerprint density at radius 3 is 2.27 bits per heavy atom. The molecule has 30 heavy (non-hydrogen) atoms. The molecule has 152 valence electrons. The molecule has 0 radical (unpaired) electrons. The Morgan fingerprint density at radius 1 is 1.00 bits per heavy atom. The van der Waals surface area contributed by atoms with Crippen LogP contribution in [0.4, 0.5) is 0 Å². The molecule has 1 amide bonds. The first-order valence-electron chi connectivity index (χ1n) is 9.34. The number of carboxylic acid groups (broad SMARTS) is 1. The molecule has 0 spiro atoms. The van der Waals surface area contributed by atoms with Gasteiger partial charge in [0.2, 0.25) is 0 Å². The average Bonchev–Trinajstić information content (AvgIpc) is 2.76. The molecule has 0 heterocycles. The van der Waals surface area contributed by atoms with E-state index in [1.54, 1.807) is 36.4 Å². The zero-order chi connectivity index (χ0) is 21.5. The molecule has 6 heteroatoms. The van der Waals surface area contributed by atoms with Crippen LogP contribution in [0.5, 0.6) is 11.5 Å². The Hall–Kier alpha value is -3.13. The first-order valence-corrected chi connectivity index (χ1v) is 10.4. The van der Waals surface area contributed by atoms with Crippen LogP contribution in [-0.2, 0) is 11.2 Å². The lowest BCUT2D eigenvalue weighted by Crippen LogP contribution is -2.27. The Bertz CT molecular complexity index is 1070. The smallest absolute Gasteiger partial charge is 0.352 e. The number of aliphatic carboxylic acids is 1. The van der Waals surface area contributed by atoms with Crippen LogP contribution in [0.15, 0.2) is 78.5 Å². The Labute approximate surface area is 188 Å². The summed E-state index contributed by atoms with van der Waals surface area (Å²) in [5, 5.41) is 12.0. The van der Waals surface area contributed by atoms with Gasteiger partial charge in [0.1, 0.15) is 17.2 Å². The van der Waals surface area contributed by atoms with Gasteiger partial charge in [-0.25, -0.2) is 4.79 Å². The summed E-state index contributed by atoms with van der Waals surface area (Å²) in [6.45, 7) is 2.03. The van der Waals surface area contributed by atoms with Crippen LogP contribution in [0.2, 0.25) is 0 Å². The van der Waals surface area contributed by atoms with Crippen LogP contribution in [0, 0.1) is 3.57 Å². The standard InChI is InChI=1S/C24H20INO4/c1-2-16-7-11-18(12-8-16)23(27)26-21(24(28)29)15-17-9-13-19(14-10-17)30-22-6-4-3-5-20(22)25/h3-15H,2H2,1H3,(H,26,27)(H,28,29)/b21-15+. The fraction of sp³-hybridized carbons (Fsp3) is 0.0833. The number of halogens is 1. The molecule has 0 aromatic heterocycles. The van der Waals surface area contributed by atoms with E-state index < -0.39 is 11.9 Å². The lowest BCUT2D eigenvalue weighted by Gasteiger charge is -2.09. The molecule has 3 rings (SSSR count). The molecular formula is C24H20INO4. The molecule has 0 aliphatic rings. The molecular weight excluding hydrogens is 493 g/mol. The van der Waals surface area contributed by atoms with E-state index in [-0.39, 0.29) is 5.70 Å². The highest BCUT2D eigenvalue weighted by Crippen LogP contribution is 2.26. The molecule has 0 atom stereocenters. The number of nitrogens with one attached hydrogen (secondary N) is 1. The van der Waals surface area contributed by atoms with E-state index in [1.807, 2.05) is 43.3 Å². The number of carbonyl (C=O) groups is 2. The first-order chi connectivity index (χ1) is 14.5. The van der Waals surface area contributed by atoms with Crippen molar-refractivity contribution in [3.63, 3.8) is 0 Å². The number of aryl methyl sites for hydroxylation is 1. The van der Waals surface area contributed by atoms with Gasteiger partial charge >= 0.3 is 5.97 Å². The van der Waals surface area contributed by atoms with Crippen LogP contribution >= 0.6 is 22.6 Å². The van der Waals surface area contributed by atoms with Crippen LogP contribution in [0.3, 0.4) is 0 Å². The minimum Gasteiger partial charge on any atom is -0.477 e. The summed E-state index contributed by atoms with van der Waals surface area (Å²) in [7, 11) is 0. The second-order valence-electron chi connectivity index (χ2n) is 6.47. The van der Waals surface area contributed by atoms with Crippen molar-refractivity contribution in [1.82, 2.24) is 5.32 Å². The maximum absolute atomic E-state index is 12.4. The molecule has 0 saturated heterocycles. The Balaban J connectivity index is 1.73. The number of ether oxygens (including phenoxy) is 1. The van der Waals surface area contributed by atoms with Crippen molar-refractivity contribution in [2.75, 3.05) is 0 Å². The first kappa shape index (κ1) is 21.6. The van der Waals surface area contributed by atoms with E-state index in [4.69, 9.17) is 4.74 Å². The van der Waals surface area contributed by atoms with E-state index in [0.717, 1.165) is 21.3 Å². The topological polar surface area (TPSA) is 75.6 Å². The largest absolute Gasteiger partial charge is 0.477 e. The molecule has 0 saturated carbocycles. The third-order valence-corrected chi connectivity index (χ3v) is 5.25. The Morgan fingerprint density at radius 2 is 1.67 bits per heavy atom. The van der Waals surface area contributed by atoms with Gasteiger partial charge in [0.05, 0.1) is 3.57 Å². The molecule has 3 aromatic rings. The number of benzene rings is 3. The highest BCUT2D eigenvalue weighted by molar-refractivity contribution is 14.1. The van der Waals surface area contributed by atoms with E-state index in [0.29, 0.717) is 16.9 Å². The van der Waals surface area contributed by atoms with Crippen molar-refractivity contribution < 1.29 is 19.4 Å². The highest BCUT2D eigenvalue weighted by atomic mass is 127. The van der Waals surface area contributed by atoms with Crippen molar-refractivity contribution in [3.8, 4) is 11.5 Å². The minimum atomic E-state index is -1.22. The maximum Gasteiger partial charge on any atom is 0.352 e. The van der Waals surface area contributed by atoms with Crippen molar-refractivity contribution in [2.45, 2.75) is 13.3 Å². The number of para-hydroxylation sites is 1. The van der Waals surface area contributed by atoms with Gasteiger partial charge in [-0.3, -0.25) is 4.79 Å². The summed E-state index contributed by atoms with van der Waals surface area (Å²) < 4.78 is 6.83. The van der Waals surface area contributed by atoms with Crippen LogP contribution in [0.25, 0.3) is 6.08 Å². The lowest BCUT2D eigenvalue weighted by atomic mass is 10.1. The zero-order valence-corrected chi connectivity index (χ0v) is 18.4. The van der Waals surface area contributed by atoms with E-state index in [9.17, 15) is 14.7 Å². The molecule has 3 aromatic carbocycles. The summed E-state index contributed by atoms with van der Waals surface area (Å²) >= 11 is 2.20. The second-order valence-corrected chi connectivity index (χ2v) is 7.63. The van der Waals surface area contributed by atoms with Gasteiger partial charge in [-0.1, -0.05) is 43.3 Å². The van der Waals surface area contributed by atoms with Crippen LogP contribution < -0.4 is 10.1 Å². The van der Waals surface area contributed by atoms with Gasteiger partial charge in [-0.15, -0.1) is 0 Å². The predicted octanol–water partition coefficient (Wildman–Crippen LogP) is 5.50. The van der Waals surface area contributed by atoms with Crippen LogP contribution in [-0.4, -0.2) is 17.0 Å². The van der Waals surface area contributed by atoms with Gasteiger partial charge in [-0.05, 0) is 82.6 Å². The molecule has 2 N–H and O–H groups in total. The van der Waals surface area contributed by atoms with Crippen LogP contribution in [0.1, 0.15) is 28.4 Å². The fourth-order valence-electron chi connectivity index (χ4n) is 2.69. The third kappa shape index (κ3) is 5.70. The zero-order valence-electron chi connectivity index (χ0n) is 16.3. The van der Waals surface area contributed by atoms with E-state index in [2.05, 4.69) is 27.9 Å². The summed E-state index contributed by atoms with van der Waals surface area (Å²) in [4.78, 5) is 24.0. The van der Waals surface area contributed by atoms with E-state index in [1.165, 1.54) is 6.08 Å². The number of hydrogen-bond acceptors (Lipinski definition) is 3. The lowest BCUT2D eigenvalue weighted by molar-refractivity contribution is -0.132. The van der Waals surface area contributed by atoms with Gasteiger partial charge in [-0.2, -0.15) is 0 Å². The molecule has 0 fully saturated rings. The summed E-state index contributed by atoms with van der Waals surface area (Å²) in [5.41, 5.74) is 1.93. The summed E-state index contributed by atoms with van der Waals surface area (Å²) in [6, 6.07) is 21.7. The van der Waals surface area contributed by atoms with Gasteiger partial charge in [0.25, 0.3) is 5.91 Å². The third-order valence-electron chi connectivity index (χ3n) is 4.36. The maximum atomic E-state index is 12.4. The number of carboxylic acids is 1. The number of amides is 1. The second kappa shape index (κ2) is 10.1. The molecule has 0 bridgehead atoms. The molecule has 0 aliphatic heterocycles. The monoisotopic (exact) mass is 513 g/mol. The van der Waals surface area contributed by atoms with Crippen molar-refractivity contribution in [1.29, 1.82) is 0 Å². The average molecular weight is 513 g/mol. The Kier molecular flexibility index (Phi) is 7.24. The molecule has 0 unspecified atom stereocenters. The number of hydrogen-bond donors (Lipinski definition) is 2. The fourth-order valence-corrected chi connectivity index (χ4v) is 3.19. The molecule has 0 aliphatic carbocycles. The normalized spacial score (nSPS) is 11.1. The minimum absolute atomic E-state index is 0.203. The quantitative estimate of drug-likeness (QED) is 0.323. The van der Waals surface area contributed by atoms with Gasteiger partial charge in [0, 0.05) is 5.56 Å². The van der Waals surface area contributed by atoms with Crippen molar-refractivity contribution in [3.05, 3.63) is 98.8 Å². The summed E-state index contributed by atoms with van der Waals surface area (Å²) in [5.74, 6) is -0.306. The summed E-state index contributed by atoms with van der Waals surface area (Å²) in [6.07, 6.45) is 2.28. The highest BCUT2D eigenvalue weighted by Gasteiger charge is 2.13.